The summed E-state index contributed by atoms with van der Waals surface area (Å²) in [6.07, 6.45) is 4.55. The van der Waals surface area contributed by atoms with E-state index in [9.17, 15) is 5.11 Å². The van der Waals surface area contributed by atoms with Gasteiger partial charge in [0, 0.05) is 6.42 Å². The number of hydrogen-bond acceptors (Lipinski definition) is 2. The van der Waals surface area contributed by atoms with Gasteiger partial charge in [0.15, 0.2) is 0 Å². The van der Waals surface area contributed by atoms with E-state index in [1.807, 2.05) is 36.4 Å². The zero-order chi connectivity index (χ0) is 12.2. The molecule has 1 fully saturated rings. The molecule has 2 aliphatic heterocycles. The molecule has 0 saturated carbocycles. The van der Waals surface area contributed by atoms with Gasteiger partial charge in [0.05, 0.1) is 6.10 Å². The minimum atomic E-state index is -0.875. The number of benzene rings is 2. The van der Waals surface area contributed by atoms with Crippen molar-refractivity contribution < 1.29 is 9.84 Å². The Morgan fingerprint density at radius 3 is 2.67 bits per heavy atom. The van der Waals surface area contributed by atoms with Gasteiger partial charge in [0.25, 0.3) is 0 Å². The van der Waals surface area contributed by atoms with E-state index in [0.29, 0.717) is 6.42 Å². The first kappa shape index (κ1) is 10.3. The third kappa shape index (κ3) is 1.25. The molecule has 2 heterocycles. The average molecular weight is 238 g/mol. The predicted molar refractivity (Wildman–Crippen MR) is 70.3 cm³/mol. The summed E-state index contributed by atoms with van der Waals surface area (Å²) in [5.74, 6) is 0. The van der Waals surface area contributed by atoms with Crippen molar-refractivity contribution in [1.29, 1.82) is 0 Å². The van der Waals surface area contributed by atoms with Crippen LogP contribution in [0.5, 0.6) is 0 Å². The highest BCUT2D eigenvalue weighted by molar-refractivity contribution is 5.86. The average Bonchev–Trinajstić information content (AvgIpc) is 2.98. The summed E-state index contributed by atoms with van der Waals surface area (Å²) in [7, 11) is 0. The van der Waals surface area contributed by atoms with E-state index >= 15 is 0 Å². The van der Waals surface area contributed by atoms with Crippen molar-refractivity contribution in [2.45, 2.75) is 24.2 Å². The first-order valence-corrected chi connectivity index (χ1v) is 6.32. The monoisotopic (exact) mass is 238 g/mol. The molecule has 3 atom stereocenters. The molecule has 0 aliphatic carbocycles. The Morgan fingerprint density at radius 2 is 1.89 bits per heavy atom. The van der Waals surface area contributed by atoms with Gasteiger partial charge in [-0.2, -0.15) is 0 Å². The highest BCUT2D eigenvalue weighted by Gasteiger charge is 2.50. The van der Waals surface area contributed by atoms with Crippen LogP contribution in [-0.2, 0) is 10.3 Å². The van der Waals surface area contributed by atoms with Gasteiger partial charge in [-0.05, 0) is 16.3 Å². The van der Waals surface area contributed by atoms with Gasteiger partial charge in [0.2, 0.25) is 0 Å². The Hall–Kier alpha value is -1.64. The molecule has 1 saturated heterocycles. The SMILES string of the molecule is O[C@]1(c2cccc3ccccc23)C[C@H]2C=C[C@@H]1O2. The van der Waals surface area contributed by atoms with Gasteiger partial charge in [-0.1, -0.05) is 54.6 Å². The van der Waals surface area contributed by atoms with Crippen LogP contribution in [0.3, 0.4) is 0 Å². The van der Waals surface area contributed by atoms with Crippen LogP contribution in [0.15, 0.2) is 54.6 Å². The summed E-state index contributed by atoms with van der Waals surface area (Å²) < 4.78 is 5.73. The molecular weight excluding hydrogens is 224 g/mol. The minimum Gasteiger partial charge on any atom is -0.382 e. The highest BCUT2D eigenvalue weighted by Crippen LogP contribution is 2.45. The third-order valence-electron chi connectivity index (χ3n) is 4.06. The number of rotatable bonds is 1. The summed E-state index contributed by atoms with van der Waals surface area (Å²) in [6.45, 7) is 0. The van der Waals surface area contributed by atoms with E-state index in [1.165, 1.54) is 0 Å². The smallest absolute Gasteiger partial charge is 0.123 e. The summed E-state index contributed by atoms with van der Waals surface area (Å²) in [4.78, 5) is 0. The lowest BCUT2D eigenvalue weighted by atomic mass is 9.80. The van der Waals surface area contributed by atoms with E-state index < -0.39 is 5.60 Å². The second-order valence-corrected chi connectivity index (χ2v) is 5.14. The van der Waals surface area contributed by atoms with Crippen molar-refractivity contribution in [3.8, 4) is 0 Å². The number of ether oxygens (including phenoxy) is 1. The highest BCUT2D eigenvalue weighted by atomic mass is 16.5. The molecule has 0 unspecified atom stereocenters. The third-order valence-corrected chi connectivity index (χ3v) is 4.06. The van der Waals surface area contributed by atoms with Crippen molar-refractivity contribution in [1.82, 2.24) is 0 Å². The lowest BCUT2D eigenvalue weighted by molar-refractivity contribution is -0.0142. The summed E-state index contributed by atoms with van der Waals surface area (Å²) >= 11 is 0. The first-order chi connectivity index (χ1) is 8.77. The second kappa shape index (κ2) is 3.44. The van der Waals surface area contributed by atoms with Gasteiger partial charge in [-0.3, -0.25) is 0 Å². The second-order valence-electron chi connectivity index (χ2n) is 5.14. The van der Waals surface area contributed by atoms with Crippen molar-refractivity contribution in [3.05, 3.63) is 60.2 Å². The van der Waals surface area contributed by atoms with Gasteiger partial charge in [-0.25, -0.2) is 0 Å². The summed E-state index contributed by atoms with van der Waals surface area (Å²) in [5, 5.41) is 13.3. The molecule has 2 nitrogen and oxygen atoms in total. The molecule has 2 heteroatoms. The van der Waals surface area contributed by atoms with Crippen molar-refractivity contribution in [3.63, 3.8) is 0 Å². The lowest BCUT2D eigenvalue weighted by Crippen LogP contribution is -2.35. The van der Waals surface area contributed by atoms with Crippen LogP contribution in [0, 0.1) is 0 Å². The van der Waals surface area contributed by atoms with E-state index in [2.05, 4.69) is 18.2 Å². The largest absolute Gasteiger partial charge is 0.382 e. The summed E-state index contributed by atoms with van der Waals surface area (Å²) in [6, 6.07) is 14.3. The first-order valence-electron chi connectivity index (χ1n) is 6.32. The molecule has 2 aromatic carbocycles. The van der Waals surface area contributed by atoms with Crippen LogP contribution >= 0.6 is 0 Å². The van der Waals surface area contributed by atoms with E-state index in [0.717, 1.165) is 16.3 Å². The molecule has 2 bridgehead atoms. The van der Waals surface area contributed by atoms with E-state index in [1.54, 1.807) is 0 Å². The van der Waals surface area contributed by atoms with Gasteiger partial charge in [0.1, 0.15) is 11.7 Å². The standard InChI is InChI=1S/C16H14O2/c17-16(10-12-8-9-15(16)18-12)14-7-3-5-11-4-1-2-6-13(11)14/h1-9,12,15,17H,10H2/t12-,15+,16+/m1/s1. The fraction of sp³-hybridized carbons (Fsp3) is 0.250. The quantitative estimate of drug-likeness (QED) is 0.774. The predicted octanol–water partition coefficient (Wildman–Crippen LogP) is 2.75. The van der Waals surface area contributed by atoms with Crippen LogP contribution in [0.4, 0.5) is 0 Å². The van der Waals surface area contributed by atoms with Gasteiger partial charge < -0.3 is 9.84 Å². The fourth-order valence-corrected chi connectivity index (χ4v) is 3.18. The maximum atomic E-state index is 11.0. The number of hydrogen-bond donors (Lipinski definition) is 1. The molecule has 4 rings (SSSR count). The van der Waals surface area contributed by atoms with Gasteiger partial charge in [-0.15, -0.1) is 0 Å². The van der Waals surface area contributed by atoms with Crippen molar-refractivity contribution >= 4 is 10.8 Å². The number of fused-ring (bicyclic) bond motifs is 3. The molecule has 18 heavy (non-hydrogen) atoms. The Balaban J connectivity index is 1.95. The molecule has 2 aliphatic rings. The molecule has 0 amide bonds. The minimum absolute atomic E-state index is 0.0685. The van der Waals surface area contributed by atoms with Crippen LogP contribution in [0.1, 0.15) is 12.0 Å². The maximum absolute atomic E-state index is 11.0. The molecule has 90 valence electrons. The molecule has 2 aromatic rings. The lowest BCUT2D eigenvalue weighted by Gasteiger charge is -2.29. The Bertz CT molecular complexity index is 641. The van der Waals surface area contributed by atoms with Crippen LogP contribution < -0.4 is 0 Å². The Kier molecular flexibility index (Phi) is 1.97. The van der Waals surface area contributed by atoms with Crippen LogP contribution in [-0.4, -0.2) is 17.3 Å². The molecular formula is C16H14O2. The molecule has 1 N–H and O–H groups in total. The van der Waals surface area contributed by atoms with Gasteiger partial charge >= 0.3 is 0 Å². The molecule has 0 spiro atoms. The van der Waals surface area contributed by atoms with E-state index in [-0.39, 0.29) is 12.2 Å². The number of aliphatic hydroxyl groups is 1. The Labute approximate surface area is 106 Å². The fourth-order valence-electron chi connectivity index (χ4n) is 3.18. The van der Waals surface area contributed by atoms with E-state index in [4.69, 9.17) is 4.74 Å². The van der Waals surface area contributed by atoms with Crippen LogP contribution in [0.25, 0.3) is 10.8 Å². The van der Waals surface area contributed by atoms with Crippen molar-refractivity contribution in [2.24, 2.45) is 0 Å². The topological polar surface area (TPSA) is 29.5 Å². The molecule has 0 aromatic heterocycles. The Morgan fingerprint density at radius 1 is 1.06 bits per heavy atom. The van der Waals surface area contributed by atoms with Crippen LogP contribution in [0.2, 0.25) is 0 Å². The molecule has 0 radical (unpaired) electrons. The zero-order valence-corrected chi connectivity index (χ0v) is 9.91. The van der Waals surface area contributed by atoms with Crippen molar-refractivity contribution in [2.75, 3.05) is 0 Å². The zero-order valence-electron chi connectivity index (χ0n) is 9.91. The normalized spacial score (nSPS) is 33.4. The maximum Gasteiger partial charge on any atom is 0.123 e. The summed E-state index contributed by atoms with van der Waals surface area (Å²) in [5.41, 5.74) is 0.109.